The third-order valence-corrected chi connectivity index (χ3v) is 4.91. The molecule has 3 N–H and O–H groups in total. The molecular formula is C21H26F2N4O2. The lowest BCUT2D eigenvalue weighted by Gasteiger charge is -2.42. The topological polar surface area (TPSA) is 88.3 Å². The predicted octanol–water partition coefficient (Wildman–Crippen LogP) is 3.47. The number of nitrogens with one attached hydrogen (secondary N) is 1. The van der Waals surface area contributed by atoms with Crippen LogP contribution in [0.5, 0.6) is 0 Å². The van der Waals surface area contributed by atoms with Crippen molar-refractivity contribution in [2.24, 2.45) is 5.92 Å². The summed E-state index contributed by atoms with van der Waals surface area (Å²) >= 11 is 0. The number of amides is 2. The summed E-state index contributed by atoms with van der Waals surface area (Å²) < 4.78 is 28.7. The number of carbonyl (C=O) groups is 2. The number of carbonyl (C=O) groups excluding carboxylic acids is 2. The summed E-state index contributed by atoms with van der Waals surface area (Å²) in [5.41, 5.74) is 6.92. The molecule has 1 fully saturated rings. The lowest BCUT2D eigenvalue weighted by Crippen LogP contribution is -2.56. The van der Waals surface area contributed by atoms with E-state index in [0.717, 1.165) is 4.90 Å². The van der Waals surface area contributed by atoms with Crippen molar-refractivity contribution in [1.29, 1.82) is 0 Å². The Morgan fingerprint density at radius 3 is 2.72 bits per heavy atom. The Morgan fingerprint density at radius 1 is 1.41 bits per heavy atom. The first-order valence-corrected chi connectivity index (χ1v) is 9.27. The summed E-state index contributed by atoms with van der Waals surface area (Å²) in [5, 5.41) is 2.46. The number of nitrogens with zero attached hydrogens (tertiary/aromatic N) is 2. The van der Waals surface area contributed by atoms with Crippen LogP contribution in [0.15, 0.2) is 48.7 Å². The van der Waals surface area contributed by atoms with Gasteiger partial charge in [0, 0.05) is 18.9 Å². The number of aryl methyl sites for hydroxylation is 1. The van der Waals surface area contributed by atoms with Crippen LogP contribution in [0.2, 0.25) is 0 Å². The summed E-state index contributed by atoms with van der Waals surface area (Å²) in [5.74, 6) is -5.56. The Morgan fingerprint density at radius 2 is 2.10 bits per heavy atom. The Kier molecular flexibility index (Phi) is 6.89. The third kappa shape index (κ3) is 5.28. The summed E-state index contributed by atoms with van der Waals surface area (Å²) in [6, 6.07) is 0.601. The van der Waals surface area contributed by atoms with Crippen LogP contribution in [0.1, 0.15) is 25.8 Å². The van der Waals surface area contributed by atoms with Gasteiger partial charge >= 0.3 is 11.8 Å². The molecular weight excluding hydrogens is 378 g/mol. The number of pyridine rings is 1. The fourth-order valence-corrected chi connectivity index (χ4v) is 3.05. The van der Waals surface area contributed by atoms with E-state index in [2.05, 4.69) is 16.9 Å². The highest BCUT2D eigenvalue weighted by atomic mass is 19.3. The van der Waals surface area contributed by atoms with E-state index < -0.39 is 36.1 Å². The monoisotopic (exact) mass is 404 g/mol. The molecule has 156 valence electrons. The maximum Gasteiger partial charge on any atom is 0.313 e. The van der Waals surface area contributed by atoms with Crippen molar-refractivity contribution >= 4 is 23.3 Å². The second-order valence-electron chi connectivity index (χ2n) is 7.18. The minimum Gasteiger partial charge on any atom is -0.383 e. The third-order valence-electron chi connectivity index (χ3n) is 4.91. The average molecular weight is 404 g/mol. The molecule has 2 heterocycles. The molecule has 1 aliphatic rings. The van der Waals surface area contributed by atoms with Gasteiger partial charge in [0.05, 0.1) is 17.9 Å². The molecule has 8 heteroatoms. The largest absolute Gasteiger partial charge is 0.383 e. The number of aromatic nitrogens is 1. The van der Waals surface area contributed by atoms with Crippen LogP contribution in [0.4, 0.5) is 20.3 Å². The fraction of sp³-hybridized carbons (Fsp3) is 0.381. The molecule has 6 nitrogen and oxygen atoms in total. The Balaban J connectivity index is 2.23. The zero-order valence-electron chi connectivity index (χ0n) is 16.8. The zero-order valence-corrected chi connectivity index (χ0v) is 16.8. The molecule has 0 radical (unpaired) electrons. The second kappa shape index (κ2) is 8.98. The quantitative estimate of drug-likeness (QED) is 0.594. The van der Waals surface area contributed by atoms with Gasteiger partial charge in [-0.1, -0.05) is 37.8 Å². The van der Waals surface area contributed by atoms with Crippen LogP contribution in [0.25, 0.3) is 0 Å². The van der Waals surface area contributed by atoms with Gasteiger partial charge in [0.2, 0.25) is 0 Å². The van der Waals surface area contributed by atoms with Crippen molar-refractivity contribution in [2.45, 2.75) is 39.2 Å². The molecule has 0 spiro atoms. The number of piperidine rings is 1. The van der Waals surface area contributed by atoms with E-state index >= 15 is 0 Å². The number of allylic oxidation sites excluding steroid dienone is 3. The standard InChI is InChI=1S/C21H26F2N4O2/c1-5-6-7-8-13(2)17-10-21(22,23)15(4)12-27(17)20(29)19(28)26-16-9-14(3)18(24)25-11-16/h5-9,11,15,17H,2,10,12H2,1,3-4H3,(H2,24,25)(H,26,28)/b6-5-,8-7-/t15-,17-/m0/s1. The van der Waals surface area contributed by atoms with Crippen molar-refractivity contribution in [3.8, 4) is 0 Å². The molecule has 0 unspecified atom stereocenters. The van der Waals surface area contributed by atoms with Crippen molar-refractivity contribution in [3.05, 3.63) is 54.3 Å². The summed E-state index contributed by atoms with van der Waals surface area (Å²) in [6.07, 6.45) is 7.47. The van der Waals surface area contributed by atoms with E-state index in [0.29, 0.717) is 22.6 Å². The molecule has 2 rings (SSSR count). The first-order chi connectivity index (χ1) is 13.6. The summed E-state index contributed by atoms with van der Waals surface area (Å²) in [4.78, 5) is 30.4. The van der Waals surface area contributed by atoms with Crippen LogP contribution in [0.3, 0.4) is 0 Å². The van der Waals surface area contributed by atoms with Crippen LogP contribution in [0, 0.1) is 12.8 Å². The number of likely N-dealkylation sites (tertiary alicyclic amines) is 1. The van der Waals surface area contributed by atoms with Crippen molar-refractivity contribution < 1.29 is 18.4 Å². The molecule has 1 saturated heterocycles. The van der Waals surface area contributed by atoms with Gasteiger partial charge in [0.15, 0.2) is 0 Å². The van der Waals surface area contributed by atoms with Crippen LogP contribution in [-0.2, 0) is 9.59 Å². The smallest absolute Gasteiger partial charge is 0.313 e. The van der Waals surface area contributed by atoms with E-state index in [1.165, 1.54) is 13.1 Å². The molecule has 1 aromatic heterocycles. The second-order valence-corrected chi connectivity index (χ2v) is 7.18. The van der Waals surface area contributed by atoms with Gasteiger partial charge < -0.3 is 16.0 Å². The normalized spacial score (nSPS) is 21.5. The van der Waals surface area contributed by atoms with Gasteiger partial charge in [0.1, 0.15) is 5.82 Å². The Bertz CT molecular complexity index is 864. The number of anilines is 2. The van der Waals surface area contributed by atoms with Crippen molar-refractivity contribution in [2.75, 3.05) is 17.6 Å². The minimum absolute atomic E-state index is 0.251. The van der Waals surface area contributed by atoms with Gasteiger partial charge in [-0.3, -0.25) is 9.59 Å². The van der Waals surface area contributed by atoms with Crippen LogP contribution < -0.4 is 11.1 Å². The van der Waals surface area contributed by atoms with E-state index in [4.69, 9.17) is 5.73 Å². The number of hydrogen-bond donors (Lipinski definition) is 2. The van der Waals surface area contributed by atoms with E-state index in [9.17, 15) is 18.4 Å². The van der Waals surface area contributed by atoms with Gasteiger partial charge in [0.25, 0.3) is 5.92 Å². The number of nitrogen functional groups attached to an aromatic ring is 1. The number of rotatable bonds is 4. The number of nitrogens with two attached hydrogens (primary N) is 1. The van der Waals surface area contributed by atoms with Crippen molar-refractivity contribution in [3.63, 3.8) is 0 Å². The number of hydrogen-bond acceptors (Lipinski definition) is 4. The SMILES string of the molecule is C=C(/C=C\C=C/C)[C@@H]1CC(F)(F)[C@@H](C)CN1C(=O)C(=O)Nc1cnc(N)c(C)c1. The molecule has 0 bridgehead atoms. The first-order valence-electron chi connectivity index (χ1n) is 9.27. The molecule has 1 aromatic rings. The van der Waals surface area contributed by atoms with E-state index in [1.54, 1.807) is 37.3 Å². The van der Waals surface area contributed by atoms with Crippen LogP contribution in [-0.4, -0.2) is 40.2 Å². The van der Waals surface area contributed by atoms with E-state index in [-0.39, 0.29) is 6.54 Å². The van der Waals surface area contributed by atoms with Gasteiger partial charge in [-0.2, -0.15) is 0 Å². The Labute approximate surface area is 169 Å². The maximum atomic E-state index is 14.3. The maximum absolute atomic E-state index is 14.3. The highest BCUT2D eigenvalue weighted by Crippen LogP contribution is 2.38. The van der Waals surface area contributed by atoms with Gasteiger partial charge in [-0.05, 0) is 31.1 Å². The number of halogens is 2. The van der Waals surface area contributed by atoms with Gasteiger partial charge in [-0.15, -0.1) is 0 Å². The first kappa shape index (κ1) is 22.3. The molecule has 0 saturated carbocycles. The van der Waals surface area contributed by atoms with E-state index in [1.807, 2.05) is 6.92 Å². The lowest BCUT2D eigenvalue weighted by atomic mass is 9.86. The zero-order chi connectivity index (χ0) is 21.8. The average Bonchev–Trinajstić information content (AvgIpc) is 2.66. The molecule has 2 amide bonds. The number of alkyl halides is 2. The predicted molar refractivity (Wildman–Crippen MR) is 109 cm³/mol. The minimum atomic E-state index is -2.96. The Hall–Kier alpha value is -3.03. The molecule has 29 heavy (non-hydrogen) atoms. The van der Waals surface area contributed by atoms with Gasteiger partial charge in [-0.25, -0.2) is 13.8 Å². The highest BCUT2D eigenvalue weighted by molar-refractivity contribution is 6.39. The molecule has 1 aliphatic heterocycles. The highest BCUT2D eigenvalue weighted by Gasteiger charge is 2.48. The molecule has 0 aromatic carbocycles. The fourth-order valence-electron chi connectivity index (χ4n) is 3.05. The molecule has 2 atom stereocenters. The summed E-state index contributed by atoms with van der Waals surface area (Å²) in [7, 11) is 0. The van der Waals surface area contributed by atoms with Crippen molar-refractivity contribution in [1.82, 2.24) is 9.88 Å². The lowest BCUT2D eigenvalue weighted by molar-refractivity contribution is -0.156. The molecule has 0 aliphatic carbocycles. The summed E-state index contributed by atoms with van der Waals surface area (Å²) in [6.45, 7) is 8.48. The van der Waals surface area contributed by atoms with Crippen LogP contribution >= 0.6 is 0 Å².